The first-order chi connectivity index (χ1) is 6.53. The zero-order chi connectivity index (χ0) is 10.6. The van der Waals surface area contributed by atoms with E-state index in [1.165, 1.54) is 7.11 Å². The maximum atomic E-state index is 10.8. The van der Waals surface area contributed by atoms with Gasteiger partial charge in [0.25, 0.3) is 10.2 Å². The monoisotopic (exact) mass is 216 g/mol. The molecule has 1 aromatic rings. The lowest BCUT2D eigenvalue weighted by molar-refractivity contribution is 0.185. The van der Waals surface area contributed by atoms with Gasteiger partial charge in [0.05, 0.1) is 12.3 Å². The third kappa shape index (κ3) is 3.33. The van der Waals surface area contributed by atoms with Crippen LogP contribution < -0.4 is 9.86 Å². The van der Waals surface area contributed by atoms with Crippen LogP contribution in [-0.2, 0) is 21.6 Å². The smallest absolute Gasteiger partial charge is 0.296 e. The molecule has 0 unspecified atom stereocenters. The van der Waals surface area contributed by atoms with Crippen LogP contribution in [0, 0.1) is 0 Å². The zero-order valence-corrected chi connectivity index (χ0v) is 8.54. The van der Waals surface area contributed by atoms with E-state index in [2.05, 4.69) is 4.72 Å². The van der Waals surface area contributed by atoms with Crippen LogP contribution in [0.2, 0.25) is 0 Å². The Morgan fingerprint density at radius 2 is 2.07 bits per heavy atom. The van der Waals surface area contributed by atoms with E-state index in [1.54, 1.807) is 24.3 Å². The SMILES string of the molecule is COCc1ccccc1NS(N)(=O)=O. The van der Waals surface area contributed by atoms with Crippen molar-refractivity contribution >= 4 is 15.9 Å². The van der Waals surface area contributed by atoms with Crippen molar-refractivity contribution in [1.29, 1.82) is 0 Å². The highest BCUT2D eigenvalue weighted by Crippen LogP contribution is 2.16. The van der Waals surface area contributed by atoms with Crippen LogP contribution in [0.3, 0.4) is 0 Å². The highest BCUT2D eigenvalue weighted by atomic mass is 32.2. The molecule has 78 valence electrons. The Morgan fingerprint density at radius 1 is 1.43 bits per heavy atom. The lowest BCUT2D eigenvalue weighted by Crippen LogP contribution is -2.22. The van der Waals surface area contributed by atoms with Crippen LogP contribution in [0.1, 0.15) is 5.56 Å². The number of anilines is 1. The number of nitrogens with one attached hydrogen (secondary N) is 1. The molecule has 0 atom stereocenters. The molecular formula is C8H12N2O3S. The number of ether oxygens (including phenoxy) is 1. The largest absolute Gasteiger partial charge is 0.380 e. The van der Waals surface area contributed by atoms with Crippen molar-refractivity contribution in [2.75, 3.05) is 11.8 Å². The first kappa shape index (κ1) is 11.0. The summed E-state index contributed by atoms with van der Waals surface area (Å²) >= 11 is 0. The number of benzene rings is 1. The normalized spacial score (nSPS) is 11.3. The molecule has 6 heteroatoms. The van der Waals surface area contributed by atoms with E-state index in [-0.39, 0.29) is 0 Å². The molecule has 0 spiro atoms. The fourth-order valence-corrected chi connectivity index (χ4v) is 1.56. The molecule has 0 saturated carbocycles. The summed E-state index contributed by atoms with van der Waals surface area (Å²) in [6, 6.07) is 6.89. The van der Waals surface area contributed by atoms with Crippen LogP contribution in [-0.4, -0.2) is 15.5 Å². The number of hydrogen-bond donors (Lipinski definition) is 2. The summed E-state index contributed by atoms with van der Waals surface area (Å²) in [6.45, 7) is 0.332. The molecule has 0 aliphatic rings. The van der Waals surface area contributed by atoms with E-state index in [0.29, 0.717) is 12.3 Å². The molecule has 0 radical (unpaired) electrons. The van der Waals surface area contributed by atoms with Crippen LogP contribution in [0.5, 0.6) is 0 Å². The van der Waals surface area contributed by atoms with Gasteiger partial charge in [-0.25, -0.2) is 5.14 Å². The summed E-state index contributed by atoms with van der Waals surface area (Å²) in [5.41, 5.74) is 1.18. The zero-order valence-electron chi connectivity index (χ0n) is 7.73. The molecule has 0 aliphatic heterocycles. The number of hydrogen-bond acceptors (Lipinski definition) is 3. The highest BCUT2D eigenvalue weighted by Gasteiger charge is 2.06. The van der Waals surface area contributed by atoms with Crippen molar-refractivity contribution < 1.29 is 13.2 Å². The minimum absolute atomic E-state index is 0.332. The second-order valence-corrected chi connectivity index (χ2v) is 4.03. The number of methoxy groups -OCH3 is 1. The third-order valence-corrected chi connectivity index (χ3v) is 2.07. The Bertz CT molecular complexity index is 403. The average Bonchev–Trinajstić information content (AvgIpc) is 2.06. The minimum atomic E-state index is -3.72. The molecule has 0 bridgehead atoms. The van der Waals surface area contributed by atoms with Crippen LogP contribution in [0.4, 0.5) is 5.69 Å². The summed E-state index contributed by atoms with van der Waals surface area (Å²) in [4.78, 5) is 0. The topological polar surface area (TPSA) is 81.4 Å². The fourth-order valence-electron chi connectivity index (χ4n) is 1.05. The van der Waals surface area contributed by atoms with Crippen LogP contribution in [0.25, 0.3) is 0 Å². The molecule has 0 heterocycles. The predicted octanol–water partition coefficient (Wildman–Crippen LogP) is 0.448. The van der Waals surface area contributed by atoms with Crippen molar-refractivity contribution in [3.8, 4) is 0 Å². The van der Waals surface area contributed by atoms with E-state index in [1.807, 2.05) is 0 Å². The van der Waals surface area contributed by atoms with Crippen molar-refractivity contribution in [3.05, 3.63) is 29.8 Å². The molecule has 0 aliphatic carbocycles. The minimum Gasteiger partial charge on any atom is -0.380 e. The van der Waals surface area contributed by atoms with Gasteiger partial charge in [-0.3, -0.25) is 4.72 Å². The van der Waals surface area contributed by atoms with Gasteiger partial charge < -0.3 is 4.74 Å². The second-order valence-electron chi connectivity index (χ2n) is 2.74. The fraction of sp³-hybridized carbons (Fsp3) is 0.250. The Hall–Kier alpha value is -1.11. The number of rotatable bonds is 4. The lowest BCUT2D eigenvalue weighted by atomic mass is 10.2. The Morgan fingerprint density at radius 3 is 2.64 bits per heavy atom. The first-order valence-corrected chi connectivity index (χ1v) is 5.45. The van der Waals surface area contributed by atoms with Crippen LogP contribution >= 0.6 is 0 Å². The van der Waals surface area contributed by atoms with Gasteiger partial charge in [0.1, 0.15) is 0 Å². The molecular weight excluding hydrogens is 204 g/mol. The predicted molar refractivity (Wildman–Crippen MR) is 53.9 cm³/mol. The molecule has 0 fully saturated rings. The standard InChI is InChI=1S/C8H12N2O3S/c1-13-6-7-4-2-3-5-8(7)10-14(9,11)12/h2-5,10H,6H2,1H3,(H2,9,11,12). The summed E-state index contributed by atoms with van der Waals surface area (Å²) in [5.74, 6) is 0. The van der Waals surface area contributed by atoms with E-state index in [4.69, 9.17) is 9.88 Å². The Labute approximate surface area is 83.1 Å². The van der Waals surface area contributed by atoms with Crippen molar-refractivity contribution in [2.24, 2.45) is 5.14 Å². The van der Waals surface area contributed by atoms with E-state index in [9.17, 15) is 8.42 Å². The third-order valence-electron chi connectivity index (χ3n) is 1.57. The van der Waals surface area contributed by atoms with Gasteiger partial charge in [-0.1, -0.05) is 18.2 Å². The molecule has 0 aromatic heterocycles. The van der Waals surface area contributed by atoms with Gasteiger partial charge in [-0.2, -0.15) is 8.42 Å². The van der Waals surface area contributed by atoms with E-state index < -0.39 is 10.2 Å². The molecule has 1 aromatic carbocycles. The van der Waals surface area contributed by atoms with Gasteiger partial charge in [0, 0.05) is 12.7 Å². The lowest BCUT2D eigenvalue weighted by Gasteiger charge is -2.08. The first-order valence-electron chi connectivity index (χ1n) is 3.90. The van der Waals surface area contributed by atoms with Crippen LogP contribution in [0.15, 0.2) is 24.3 Å². The van der Waals surface area contributed by atoms with Gasteiger partial charge >= 0.3 is 0 Å². The Balaban J connectivity index is 2.95. The summed E-state index contributed by atoms with van der Waals surface area (Å²) in [5, 5.41) is 4.85. The quantitative estimate of drug-likeness (QED) is 0.766. The summed E-state index contributed by atoms with van der Waals surface area (Å²) < 4.78 is 28.7. The van der Waals surface area contributed by atoms with Gasteiger partial charge in [0.15, 0.2) is 0 Å². The molecule has 3 N–H and O–H groups in total. The van der Waals surface area contributed by atoms with Gasteiger partial charge in [0.2, 0.25) is 0 Å². The number of para-hydroxylation sites is 1. The summed E-state index contributed by atoms with van der Waals surface area (Å²) in [7, 11) is -2.19. The maximum absolute atomic E-state index is 10.8. The van der Waals surface area contributed by atoms with E-state index >= 15 is 0 Å². The molecule has 14 heavy (non-hydrogen) atoms. The van der Waals surface area contributed by atoms with Crippen molar-refractivity contribution in [3.63, 3.8) is 0 Å². The highest BCUT2D eigenvalue weighted by molar-refractivity contribution is 7.90. The molecule has 5 nitrogen and oxygen atoms in total. The number of nitrogens with two attached hydrogens (primary N) is 1. The average molecular weight is 216 g/mol. The van der Waals surface area contributed by atoms with Gasteiger partial charge in [-0.05, 0) is 6.07 Å². The molecule has 0 amide bonds. The van der Waals surface area contributed by atoms with Gasteiger partial charge in [-0.15, -0.1) is 0 Å². The maximum Gasteiger partial charge on any atom is 0.296 e. The second kappa shape index (κ2) is 4.41. The summed E-state index contributed by atoms with van der Waals surface area (Å²) in [6.07, 6.45) is 0. The Kier molecular flexibility index (Phi) is 3.45. The molecule has 0 saturated heterocycles. The van der Waals surface area contributed by atoms with E-state index in [0.717, 1.165) is 5.56 Å². The van der Waals surface area contributed by atoms with Crippen molar-refractivity contribution in [2.45, 2.75) is 6.61 Å². The molecule has 1 rings (SSSR count). The van der Waals surface area contributed by atoms with Crippen molar-refractivity contribution in [1.82, 2.24) is 0 Å².